The van der Waals surface area contributed by atoms with Gasteiger partial charge in [-0.15, -0.1) is 11.3 Å². The maximum Gasteiger partial charge on any atom is 0.344 e. The summed E-state index contributed by atoms with van der Waals surface area (Å²) in [5.41, 5.74) is 2.58. The van der Waals surface area contributed by atoms with Gasteiger partial charge in [-0.1, -0.05) is 36.4 Å². The fourth-order valence-electron chi connectivity index (χ4n) is 4.16. The normalized spacial score (nSPS) is 24.3. The SMILES string of the molecule is CC1(CCc2ccccc2)NC(=O)N(NC(=O)CN2CCCC2c2cccs2)C1=O. The molecule has 2 N–H and O–H groups in total. The summed E-state index contributed by atoms with van der Waals surface area (Å²) in [6, 6.07) is 13.5. The Labute approximate surface area is 180 Å². The van der Waals surface area contributed by atoms with E-state index < -0.39 is 17.5 Å². The molecule has 30 heavy (non-hydrogen) atoms. The predicted molar refractivity (Wildman–Crippen MR) is 115 cm³/mol. The first kappa shape index (κ1) is 20.6. The van der Waals surface area contributed by atoms with Crippen LogP contribution < -0.4 is 10.7 Å². The van der Waals surface area contributed by atoms with Gasteiger partial charge in [0.25, 0.3) is 11.8 Å². The average Bonchev–Trinajstić information content (AvgIpc) is 3.45. The number of amides is 4. The van der Waals surface area contributed by atoms with Crippen LogP contribution in [-0.2, 0) is 16.0 Å². The minimum Gasteiger partial charge on any atom is -0.322 e. The number of urea groups is 1. The molecule has 2 atom stereocenters. The van der Waals surface area contributed by atoms with Gasteiger partial charge in [-0.25, -0.2) is 4.79 Å². The highest BCUT2D eigenvalue weighted by Crippen LogP contribution is 2.34. The molecule has 8 heteroatoms. The second kappa shape index (κ2) is 8.57. The predicted octanol–water partition coefficient (Wildman–Crippen LogP) is 2.86. The molecule has 7 nitrogen and oxygen atoms in total. The minimum atomic E-state index is -1.03. The Morgan fingerprint density at radius 1 is 1.23 bits per heavy atom. The molecule has 2 fully saturated rings. The van der Waals surface area contributed by atoms with Crippen molar-refractivity contribution in [3.8, 4) is 0 Å². The lowest BCUT2D eigenvalue weighted by Crippen LogP contribution is -2.51. The summed E-state index contributed by atoms with van der Waals surface area (Å²) < 4.78 is 0. The minimum absolute atomic E-state index is 0.153. The van der Waals surface area contributed by atoms with Crippen molar-refractivity contribution in [3.63, 3.8) is 0 Å². The van der Waals surface area contributed by atoms with Crippen molar-refractivity contribution in [2.45, 2.75) is 44.2 Å². The van der Waals surface area contributed by atoms with Crippen LogP contribution in [0.4, 0.5) is 4.79 Å². The number of hydrazine groups is 1. The average molecular weight is 427 g/mol. The number of carbonyl (C=O) groups is 3. The van der Waals surface area contributed by atoms with E-state index in [-0.39, 0.29) is 18.5 Å². The molecule has 0 spiro atoms. The van der Waals surface area contributed by atoms with Crippen LogP contribution >= 0.6 is 11.3 Å². The van der Waals surface area contributed by atoms with Gasteiger partial charge in [-0.3, -0.25) is 19.9 Å². The third kappa shape index (κ3) is 4.24. The van der Waals surface area contributed by atoms with Gasteiger partial charge in [0.1, 0.15) is 5.54 Å². The molecule has 0 radical (unpaired) electrons. The molecule has 2 unspecified atom stereocenters. The maximum absolute atomic E-state index is 12.9. The Morgan fingerprint density at radius 2 is 2.03 bits per heavy atom. The first-order valence-electron chi connectivity index (χ1n) is 10.2. The highest BCUT2D eigenvalue weighted by atomic mass is 32.1. The summed E-state index contributed by atoms with van der Waals surface area (Å²) in [6.07, 6.45) is 3.15. The summed E-state index contributed by atoms with van der Waals surface area (Å²) in [4.78, 5) is 41.3. The van der Waals surface area contributed by atoms with Gasteiger partial charge in [0.05, 0.1) is 6.54 Å². The smallest absolute Gasteiger partial charge is 0.322 e. The summed E-state index contributed by atoms with van der Waals surface area (Å²) in [7, 11) is 0. The highest BCUT2D eigenvalue weighted by molar-refractivity contribution is 7.10. The maximum atomic E-state index is 12.9. The second-order valence-electron chi connectivity index (χ2n) is 8.07. The summed E-state index contributed by atoms with van der Waals surface area (Å²) >= 11 is 1.69. The number of nitrogens with one attached hydrogen (secondary N) is 2. The Bertz CT molecular complexity index is 918. The molecular formula is C22H26N4O3S. The molecule has 3 heterocycles. The number of hydrogen-bond donors (Lipinski definition) is 2. The largest absolute Gasteiger partial charge is 0.344 e. The molecule has 4 rings (SSSR count). The van der Waals surface area contributed by atoms with Crippen LogP contribution in [0.3, 0.4) is 0 Å². The van der Waals surface area contributed by atoms with Gasteiger partial charge in [-0.2, -0.15) is 5.01 Å². The fourth-order valence-corrected chi connectivity index (χ4v) is 5.05. The number of benzene rings is 1. The van der Waals surface area contributed by atoms with Crippen molar-refractivity contribution >= 4 is 29.2 Å². The molecule has 2 saturated heterocycles. The number of aryl methyl sites for hydroxylation is 1. The molecule has 0 saturated carbocycles. The number of thiophene rings is 1. The fraction of sp³-hybridized carbons (Fsp3) is 0.409. The summed E-state index contributed by atoms with van der Waals surface area (Å²) in [5, 5.41) is 5.62. The standard InChI is InChI=1S/C22H26N4O3S/c1-22(12-11-16-7-3-2-4-8-16)20(28)26(21(29)23-22)24-19(27)15-25-13-5-9-17(25)18-10-6-14-30-18/h2-4,6-8,10,14,17H,5,9,11-13,15H2,1H3,(H,23,29)(H,24,27). The van der Waals surface area contributed by atoms with Crippen molar-refractivity contribution in [3.05, 3.63) is 58.3 Å². The molecule has 4 amide bonds. The molecule has 1 aromatic heterocycles. The van der Waals surface area contributed by atoms with Crippen LogP contribution in [0, 0.1) is 0 Å². The number of rotatable bonds is 7. The van der Waals surface area contributed by atoms with Crippen molar-refractivity contribution in [2.24, 2.45) is 0 Å². The van der Waals surface area contributed by atoms with Crippen LogP contribution in [0.25, 0.3) is 0 Å². The Balaban J connectivity index is 1.35. The van der Waals surface area contributed by atoms with Crippen LogP contribution in [0.2, 0.25) is 0 Å². The van der Waals surface area contributed by atoms with Gasteiger partial charge in [0.15, 0.2) is 0 Å². The zero-order valence-corrected chi connectivity index (χ0v) is 17.8. The van der Waals surface area contributed by atoms with E-state index in [0.29, 0.717) is 12.8 Å². The first-order chi connectivity index (χ1) is 14.5. The van der Waals surface area contributed by atoms with Gasteiger partial charge < -0.3 is 5.32 Å². The van der Waals surface area contributed by atoms with E-state index in [9.17, 15) is 14.4 Å². The van der Waals surface area contributed by atoms with E-state index >= 15 is 0 Å². The summed E-state index contributed by atoms with van der Waals surface area (Å²) in [5.74, 6) is -0.776. The zero-order valence-electron chi connectivity index (χ0n) is 17.0. The lowest BCUT2D eigenvalue weighted by Gasteiger charge is -2.24. The van der Waals surface area contributed by atoms with Crippen molar-refractivity contribution in [1.29, 1.82) is 0 Å². The number of likely N-dealkylation sites (tertiary alicyclic amines) is 1. The van der Waals surface area contributed by atoms with Crippen molar-refractivity contribution < 1.29 is 14.4 Å². The number of hydrogen-bond acceptors (Lipinski definition) is 5. The molecule has 2 aliphatic rings. The molecule has 0 aliphatic carbocycles. The Hall–Kier alpha value is -2.71. The molecule has 158 valence electrons. The quantitative estimate of drug-likeness (QED) is 0.667. The first-order valence-corrected chi connectivity index (χ1v) is 11.1. The van der Waals surface area contributed by atoms with Gasteiger partial charge in [-0.05, 0) is 56.2 Å². The van der Waals surface area contributed by atoms with Gasteiger partial charge in [0, 0.05) is 10.9 Å². The number of imide groups is 1. The third-order valence-corrected chi connectivity index (χ3v) is 6.81. The molecule has 1 aromatic carbocycles. The van der Waals surface area contributed by atoms with Crippen molar-refractivity contribution in [1.82, 2.24) is 20.7 Å². The van der Waals surface area contributed by atoms with Gasteiger partial charge in [0.2, 0.25) is 0 Å². The van der Waals surface area contributed by atoms with E-state index in [0.717, 1.165) is 30.0 Å². The van der Waals surface area contributed by atoms with Crippen LogP contribution in [0.15, 0.2) is 47.8 Å². The van der Waals surface area contributed by atoms with Crippen LogP contribution in [0.5, 0.6) is 0 Å². The Morgan fingerprint density at radius 3 is 2.77 bits per heavy atom. The van der Waals surface area contributed by atoms with E-state index in [1.165, 1.54) is 4.88 Å². The van der Waals surface area contributed by atoms with Crippen molar-refractivity contribution in [2.75, 3.05) is 13.1 Å². The molecule has 0 bridgehead atoms. The number of carbonyl (C=O) groups excluding carboxylic acids is 3. The molecular weight excluding hydrogens is 400 g/mol. The van der Waals surface area contributed by atoms with Gasteiger partial charge >= 0.3 is 6.03 Å². The van der Waals surface area contributed by atoms with E-state index in [1.807, 2.05) is 41.8 Å². The van der Waals surface area contributed by atoms with Crippen LogP contribution in [-0.4, -0.2) is 46.4 Å². The monoisotopic (exact) mass is 426 g/mol. The molecule has 2 aliphatic heterocycles. The summed E-state index contributed by atoms with van der Waals surface area (Å²) in [6.45, 7) is 2.68. The topological polar surface area (TPSA) is 81.8 Å². The van der Waals surface area contributed by atoms with E-state index in [2.05, 4.69) is 21.7 Å². The molecule has 2 aromatic rings. The van der Waals surface area contributed by atoms with E-state index in [1.54, 1.807) is 18.3 Å². The highest BCUT2D eigenvalue weighted by Gasteiger charge is 2.48. The number of nitrogens with zero attached hydrogens (tertiary/aromatic N) is 2. The lowest BCUT2D eigenvalue weighted by atomic mass is 9.93. The second-order valence-corrected chi connectivity index (χ2v) is 9.05. The third-order valence-electron chi connectivity index (χ3n) is 5.84. The lowest BCUT2D eigenvalue weighted by molar-refractivity contribution is -0.139. The van der Waals surface area contributed by atoms with E-state index in [4.69, 9.17) is 0 Å². The van der Waals surface area contributed by atoms with Crippen LogP contribution in [0.1, 0.15) is 42.7 Å². The zero-order chi connectivity index (χ0) is 21.1. The Kier molecular flexibility index (Phi) is 5.87.